The van der Waals surface area contributed by atoms with Crippen LogP contribution in [0.5, 0.6) is 0 Å². The molecule has 0 aromatic heterocycles. The Bertz CT molecular complexity index is 148. The molecule has 0 radical (unpaired) electrons. The SMILES string of the molecule is CN(CCN)CC1C2CCCC21. The van der Waals surface area contributed by atoms with E-state index in [2.05, 4.69) is 11.9 Å². The number of rotatable bonds is 4. The molecular weight excluding hydrogens is 148 g/mol. The Balaban J connectivity index is 1.68. The van der Waals surface area contributed by atoms with Gasteiger partial charge in [0.1, 0.15) is 0 Å². The molecule has 0 amide bonds. The second kappa shape index (κ2) is 3.35. The van der Waals surface area contributed by atoms with Crippen LogP contribution in [-0.2, 0) is 0 Å². The van der Waals surface area contributed by atoms with Gasteiger partial charge in [-0.05, 0) is 37.6 Å². The van der Waals surface area contributed by atoms with E-state index in [1.807, 2.05) is 0 Å². The molecule has 2 atom stereocenters. The highest BCUT2D eigenvalue weighted by Gasteiger charge is 2.52. The molecule has 2 fully saturated rings. The summed E-state index contributed by atoms with van der Waals surface area (Å²) in [5.41, 5.74) is 5.50. The second-order valence-corrected chi connectivity index (χ2v) is 4.47. The van der Waals surface area contributed by atoms with Crippen molar-refractivity contribution in [3.8, 4) is 0 Å². The van der Waals surface area contributed by atoms with Crippen molar-refractivity contribution in [2.75, 3.05) is 26.7 Å². The van der Waals surface area contributed by atoms with E-state index in [9.17, 15) is 0 Å². The first kappa shape index (κ1) is 8.52. The lowest BCUT2D eigenvalue weighted by molar-refractivity contribution is 0.309. The van der Waals surface area contributed by atoms with Crippen LogP contribution in [-0.4, -0.2) is 31.6 Å². The summed E-state index contributed by atoms with van der Waals surface area (Å²) in [6.07, 6.45) is 4.50. The van der Waals surface area contributed by atoms with Crippen LogP contribution in [0.2, 0.25) is 0 Å². The van der Waals surface area contributed by atoms with E-state index >= 15 is 0 Å². The normalized spacial score (nSPS) is 38.8. The van der Waals surface area contributed by atoms with Gasteiger partial charge in [-0.15, -0.1) is 0 Å². The Morgan fingerprint density at radius 3 is 2.58 bits per heavy atom. The molecule has 2 N–H and O–H groups in total. The Hall–Kier alpha value is -0.0800. The molecule has 2 nitrogen and oxygen atoms in total. The van der Waals surface area contributed by atoms with Gasteiger partial charge in [-0.3, -0.25) is 0 Å². The van der Waals surface area contributed by atoms with Gasteiger partial charge in [0.25, 0.3) is 0 Å². The lowest BCUT2D eigenvalue weighted by atomic mass is 10.1. The lowest BCUT2D eigenvalue weighted by Crippen LogP contribution is -2.28. The van der Waals surface area contributed by atoms with Gasteiger partial charge in [0, 0.05) is 19.6 Å². The molecule has 2 heteroatoms. The Kier molecular flexibility index (Phi) is 2.37. The van der Waals surface area contributed by atoms with Gasteiger partial charge in [-0.2, -0.15) is 0 Å². The van der Waals surface area contributed by atoms with Gasteiger partial charge in [-0.25, -0.2) is 0 Å². The Morgan fingerprint density at radius 1 is 1.33 bits per heavy atom. The number of hydrogen-bond acceptors (Lipinski definition) is 2. The summed E-state index contributed by atoms with van der Waals surface area (Å²) in [4.78, 5) is 2.39. The summed E-state index contributed by atoms with van der Waals surface area (Å²) in [6.45, 7) is 3.17. The fourth-order valence-electron chi connectivity index (χ4n) is 2.91. The predicted octanol–water partition coefficient (Wildman–Crippen LogP) is 0.923. The summed E-state index contributed by atoms with van der Waals surface area (Å²) >= 11 is 0. The summed E-state index contributed by atoms with van der Waals surface area (Å²) in [6, 6.07) is 0. The van der Waals surface area contributed by atoms with Crippen molar-refractivity contribution in [1.29, 1.82) is 0 Å². The van der Waals surface area contributed by atoms with Crippen LogP contribution >= 0.6 is 0 Å². The van der Waals surface area contributed by atoms with Crippen LogP contribution in [0.1, 0.15) is 19.3 Å². The van der Waals surface area contributed by atoms with Gasteiger partial charge >= 0.3 is 0 Å². The molecule has 2 aliphatic rings. The molecule has 0 aliphatic heterocycles. The first-order valence-corrected chi connectivity index (χ1v) is 5.21. The number of hydrogen-bond donors (Lipinski definition) is 1. The third-order valence-electron chi connectivity index (χ3n) is 3.62. The summed E-state index contributed by atoms with van der Waals surface area (Å²) in [7, 11) is 2.20. The molecule has 2 saturated carbocycles. The highest BCUT2D eigenvalue weighted by molar-refractivity contribution is 5.01. The van der Waals surface area contributed by atoms with E-state index in [-0.39, 0.29) is 0 Å². The van der Waals surface area contributed by atoms with Crippen LogP contribution in [0.25, 0.3) is 0 Å². The topological polar surface area (TPSA) is 29.3 Å². The van der Waals surface area contributed by atoms with E-state index in [4.69, 9.17) is 5.73 Å². The molecule has 2 aliphatic carbocycles. The third-order valence-corrected chi connectivity index (χ3v) is 3.62. The van der Waals surface area contributed by atoms with E-state index in [1.165, 1.54) is 25.8 Å². The molecular formula is C10H20N2. The lowest BCUT2D eigenvalue weighted by Gasteiger charge is -2.15. The van der Waals surface area contributed by atoms with Crippen molar-refractivity contribution in [3.63, 3.8) is 0 Å². The maximum absolute atomic E-state index is 5.50. The van der Waals surface area contributed by atoms with E-state index < -0.39 is 0 Å². The molecule has 0 aromatic rings. The molecule has 0 saturated heterocycles. The molecule has 0 spiro atoms. The van der Waals surface area contributed by atoms with E-state index in [0.29, 0.717) is 0 Å². The average Bonchev–Trinajstić information content (AvgIpc) is 2.51. The average molecular weight is 168 g/mol. The second-order valence-electron chi connectivity index (χ2n) is 4.47. The first-order chi connectivity index (χ1) is 5.83. The zero-order valence-electron chi connectivity index (χ0n) is 8.00. The minimum absolute atomic E-state index is 0.804. The molecule has 70 valence electrons. The quantitative estimate of drug-likeness (QED) is 0.676. The minimum atomic E-state index is 0.804. The molecule has 12 heavy (non-hydrogen) atoms. The summed E-state index contributed by atoms with van der Waals surface area (Å²) in [5.74, 6) is 3.24. The number of fused-ring (bicyclic) bond motifs is 1. The fraction of sp³-hybridized carbons (Fsp3) is 1.00. The van der Waals surface area contributed by atoms with Crippen molar-refractivity contribution >= 4 is 0 Å². The van der Waals surface area contributed by atoms with Crippen molar-refractivity contribution in [2.45, 2.75) is 19.3 Å². The molecule has 2 rings (SSSR count). The van der Waals surface area contributed by atoms with Gasteiger partial charge in [0.2, 0.25) is 0 Å². The Morgan fingerprint density at radius 2 is 2.00 bits per heavy atom. The molecule has 0 heterocycles. The minimum Gasteiger partial charge on any atom is -0.329 e. The third kappa shape index (κ3) is 1.50. The maximum Gasteiger partial charge on any atom is 0.0102 e. The van der Waals surface area contributed by atoms with Crippen LogP contribution in [0.15, 0.2) is 0 Å². The zero-order chi connectivity index (χ0) is 8.55. The number of nitrogens with zero attached hydrogens (tertiary/aromatic N) is 1. The van der Waals surface area contributed by atoms with Gasteiger partial charge in [0.15, 0.2) is 0 Å². The van der Waals surface area contributed by atoms with E-state index in [0.717, 1.165) is 30.8 Å². The van der Waals surface area contributed by atoms with Crippen LogP contribution < -0.4 is 5.73 Å². The van der Waals surface area contributed by atoms with E-state index in [1.54, 1.807) is 0 Å². The van der Waals surface area contributed by atoms with Gasteiger partial charge in [0.05, 0.1) is 0 Å². The number of nitrogens with two attached hydrogens (primary N) is 1. The number of likely N-dealkylation sites (N-methyl/N-ethyl adjacent to an activating group) is 1. The Labute approximate surface area is 75.1 Å². The van der Waals surface area contributed by atoms with Crippen molar-refractivity contribution in [3.05, 3.63) is 0 Å². The summed E-state index contributed by atoms with van der Waals surface area (Å²) in [5, 5.41) is 0. The van der Waals surface area contributed by atoms with Crippen molar-refractivity contribution in [2.24, 2.45) is 23.5 Å². The van der Waals surface area contributed by atoms with Crippen LogP contribution in [0.3, 0.4) is 0 Å². The molecule has 2 unspecified atom stereocenters. The molecule has 0 aromatic carbocycles. The monoisotopic (exact) mass is 168 g/mol. The standard InChI is InChI=1S/C10H20N2/c1-12(6-5-11)7-10-8-3-2-4-9(8)10/h8-10H,2-7,11H2,1H3. The van der Waals surface area contributed by atoms with Crippen LogP contribution in [0.4, 0.5) is 0 Å². The predicted molar refractivity (Wildman–Crippen MR) is 50.9 cm³/mol. The smallest absolute Gasteiger partial charge is 0.0102 e. The van der Waals surface area contributed by atoms with Crippen LogP contribution in [0, 0.1) is 17.8 Å². The highest BCUT2D eigenvalue weighted by Crippen LogP contribution is 2.57. The maximum atomic E-state index is 5.50. The fourth-order valence-corrected chi connectivity index (χ4v) is 2.91. The van der Waals surface area contributed by atoms with Crippen molar-refractivity contribution < 1.29 is 0 Å². The molecule has 0 bridgehead atoms. The van der Waals surface area contributed by atoms with Gasteiger partial charge < -0.3 is 10.6 Å². The van der Waals surface area contributed by atoms with Crippen molar-refractivity contribution in [1.82, 2.24) is 4.90 Å². The largest absolute Gasteiger partial charge is 0.329 e. The first-order valence-electron chi connectivity index (χ1n) is 5.21. The van der Waals surface area contributed by atoms with Gasteiger partial charge in [-0.1, -0.05) is 6.42 Å². The summed E-state index contributed by atoms with van der Waals surface area (Å²) < 4.78 is 0. The zero-order valence-corrected chi connectivity index (χ0v) is 8.00. The highest BCUT2D eigenvalue weighted by atomic mass is 15.1.